The van der Waals surface area contributed by atoms with E-state index in [1.165, 1.54) is 11.1 Å². The number of nitrogens with two attached hydrogens (primary N) is 1. The van der Waals surface area contributed by atoms with E-state index in [0.717, 1.165) is 46.3 Å². The number of rotatable bonds is 5. The van der Waals surface area contributed by atoms with E-state index < -0.39 is 0 Å². The molecule has 4 rings (SSSR count). The lowest BCUT2D eigenvalue weighted by atomic mass is 9.95. The van der Waals surface area contributed by atoms with Crippen LogP contribution in [0, 0.1) is 0 Å². The Morgan fingerprint density at radius 1 is 1.07 bits per heavy atom. The van der Waals surface area contributed by atoms with E-state index in [-0.39, 0.29) is 0 Å². The smallest absolute Gasteiger partial charge is 0.212 e. The van der Waals surface area contributed by atoms with Gasteiger partial charge in [-0.1, -0.05) is 49.9 Å². The monoisotopic (exact) mass is 393 g/mol. The SMILES string of the molecule is CCc1ccc(C2=Nn3c(nnc3-c3ccccc3OC)SC2)c(N)c1CC. The van der Waals surface area contributed by atoms with Gasteiger partial charge in [0.1, 0.15) is 5.75 Å². The molecule has 0 spiro atoms. The number of thioether (sulfide) groups is 1. The number of fused-ring (bicyclic) bond motifs is 1. The fourth-order valence-corrected chi connectivity index (χ4v) is 4.39. The van der Waals surface area contributed by atoms with Gasteiger partial charge in [0.15, 0.2) is 5.82 Å². The summed E-state index contributed by atoms with van der Waals surface area (Å²) in [5.74, 6) is 2.12. The second-order valence-corrected chi connectivity index (χ2v) is 7.47. The van der Waals surface area contributed by atoms with Gasteiger partial charge in [-0.3, -0.25) is 0 Å². The molecular weight excluding hydrogens is 370 g/mol. The Hall–Kier alpha value is -2.80. The van der Waals surface area contributed by atoms with Crippen LogP contribution < -0.4 is 10.5 Å². The third-order valence-electron chi connectivity index (χ3n) is 5.02. The molecule has 0 saturated carbocycles. The van der Waals surface area contributed by atoms with Crippen molar-refractivity contribution >= 4 is 23.2 Å². The van der Waals surface area contributed by atoms with E-state index in [1.54, 1.807) is 23.5 Å². The molecule has 7 heteroatoms. The molecule has 1 aromatic heterocycles. The Labute approximate surface area is 168 Å². The standard InChI is InChI=1S/C21H23N5OS/c1-4-13-10-11-15(19(22)14(13)5-2)17-12-28-21-24-23-20(26(21)25-17)16-8-6-7-9-18(16)27-3/h6-11H,4-5,12,22H2,1-3H3. The Kier molecular flexibility index (Phi) is 5.09. The zero-order valence-corrected chi connectivity index (χ0v) is 17.1. The summed E-state index contributed by atoms with van der Waals surface area (Å²) in [6.45, 7) is 4.30. The molecule has 2 heterocycles. The molecule has 1 aliphatic heterocycles. The quantitative estimate of drug-likeness (QED) is 0.663. The molecule has 0 fully saturated rings. The number of hydrogen-bond donors (Lipinski definition) is 1. The van der Waals surface area contributed by atoms with Crippen LogP contribution in [-0.4, -0.2) is 33.4 Å². The summed E-state index contributed by atoms with van der Waals surface area (Å²) in [6, 6.07) is 12.0. The number of methoxy groups -OCH3 is 1. The van der Waals surface area contributed by atoms with E-state index in [1.807, 2.05) is 24.3 Å². The zero-order valence-electron chi connectivity index (χ0n) is 16.3. The highest BCUT2D eigenvalue weighted by Crippen LogP contribution is 2.34. The number of hydrogen-bond acceptors (Lipinski definition) is 6. The van der Waals surface area contributed by atoms with Crippen LogP contribution in [0.2, 0.25) is 0 Å². The third kappa shape index (κ3) is 3.05. The predicted octanol–water partition coefficient (Wildman–Crippen LogP) is 4.02. The van der Waals surface area contributed by atoms with Crippen LogP contribution in [0.25, 0.3) is 11.4 Å². The summed E-state index contributed by atoms with van der Waals surface area (Å²) in [5.41, 5.74) is 12.7. The van der Waals surface area contributed by atoms with Gasteiger partial charge in [0.25, 0.3) is 0 Å². The van der Waals surface area contributed by atoms with Gasteiger partial charge in [-0.15, -0.1) is 10.2 Å². The summed E-state index contributed by atoms with van der Waals surface area (Å²) in [7, 11) is 1.65. The number of nitrogens with zero attached hydrogens (tertiary/aromatic N) is 4. The summed E-state index contributed by atoms with van der Waals surface area (Å²) < 4.78 is 7.28. The van der Waals surface area contributed by atoms with Crippen molar-refractivity contribution in [1.82, 2.24) is 14.9 Å². The molecule has 0 aliphatic carbocycles. The largest absolute Gasteiger partial charge is 0.496 e. The number of benzene rings is 2. The lowest BCUT2D eigenvalue weighted by molar-refractivity contribution is 0.416. The molecule has 0 unspecified atom stereocenters. The lowest BCUT2D eigenvalue weighted by Crippen LogP contribution is -2.17. The van der Waals surface area contributed by atoms with Crippen molar-refractivity contribution in [3.05, 3.63) is 53.1 Å². The van der Waals surface area contributed by atoms with Gasteiger partial charge in [0.05, 0.1) is 18.4 Å². The highest BCUT2D eigenvalue weighted by Gasteiger charge is 2.24. The van der Waals surface area contributed by atoms with Crippen molar-refractivity contribution in [3.63, 3.8) is 0 Å². The molecule has 28 heavy (non-hydrogen) atoms. The molecule has 6 nitrogen and oxygen atoms in total. The molecule has 0 amide bonds. The first-order valence-corrected chi connectivity index (χ1v) is 10.4. The minimum Gasteiger partial charge on any atom is -0.496 e. The Morgan fingerprint density at radius 3 is 2.64 bits per heavy atom. The summed E-state index contributed by atoms with van der Waals surface area (Å²) >= 11 is 1.61. The molecule has 1 aliphatic rings. The molecule has 144 valence electrons. The summed E-state index contributed by atoms with van der Waals surface area (Å²) in [4.78, 5) is 0. The number of anilines is 1. The molecule has 0 bridgehead atoms. The molecule has 2 N–H and O–H groups in total. The fraction of sp³-hybridized carbons (Fsp3) is 0.286. The van der Waals surface area contributed by atoms with Gasteiger partial charge in [-0.25, -0.2) is 0 Å². The first kappa shape index (κ1) is 18.6. The number of para-hydroxylation sites is 1. The van der Waals surface area contributed by atoms with Crippen LogP contribution in [-0.2, 0) is 12.8 Å². The van der Waals surface area contributed by atoms with Crippen LogP contribution in [0.1, 0.15) is 30.5 Å². The lowest BCUT2D eigenvalue weighted by Gasteiger charge is -2.18. The summed E-state index contributed by atoms with van der Waals surface area (Å²) in [6.07, 6.45) is 1.88. The van der Waals surface area contributed by atoms with Gasteiger partial charge in [-0.05, 0) is 36.1 Å². The van der Waals surface area contributed by atoms with Crippen molar-refractivity contribution in [2.24, 2.45) is 5.10 Å². The van der Waals surface area contributed by atoms with E-state index in [4.69, 9.17) is 15.6 Å². The van der Waals surface area contributed by atoms with E-state index in [9.17, 15) is 0 Å². The molecule has 0 atom stereocenters. The maximum atomic E-state index is 6.54. The number of nitrogen functional groups attached to an aromatic ring is 1. The van der Waals surface area contributed by atoms with Crippen LogP contribution in [0.15, 0.2) is 46.7 Å². The topological polar surface area (TPSA) is 78.3 Å². The van der Waals surface area contributed by atoms with E-state index in [2.05, 4.69) is 36.2 Å². The Balaban J connectivity index is 1.83. The van der Waals surface area contributed by atoms with Crippen molar-refractivity contribution in [2.75, 3.05) is 18.6 Å². The molecule has 0 radical (unpaired) electrons. The first-order chi connectivity index (χ1) is 13.7. The van der Waals surface area contributed by atoms with E-state index >= 15 is 0 Å². The Morgan fingerprint density at radius 2 is 1.89 bits per heavy atom. The minimum absolute atomic E-state index is 0.664. The fourth-order valence-electron chi connectivity index (χ4n) is 3.57. The first-order valence-electron chi connectivity index (χ1n) is 9.37. The molecule has 3 aromatic rings. The summed E-state index contributed by atoms with van der Waals surface area (Å²) in [5, 5.41) is 14.3. The van der Waals surface area contributed by atoms with Crippen molar-refractivity contribution < 1.29 is 4.74 Å². The van der Waals surface area contributed by atoms with Gasteiger partial charge in [0.2, 0.25) is 5.16 Å². The van der Waals surface area contributed by atoms with Gasteiger partial charge in [0, 0.05) is 17.0 Å². The van der Waals surface area contributed by atoms with Crippen LogP contribution >= 0.6 is 11.8 Å². The van der Waals surface area contributed by atoms with Crippen molar-refractivity contribution in [1.29, 1.82) is 0 Å². The molecular formula is C21H23N5OS. The normalized spacial score (nSPS) is 13.2. The van der Waals surface area contributed by atoms with Crippen LogP contribution in [0.4, 0.5) is 5.69 Å². The van der Waals surface area contributed by atoms with Crippen LogP contribution in [0.5, 0.6) is 5.75 Å². The highest BCUT2D eigenvalue weighted by atomic mass is 32.2. The minimum atomic E-state index is 0.664. The number of aromatic nitrogens is 3. The number of aryl methyl sites for hydroxylation is 1. The van der Waals surface area contributed by atoms with E-state index in [0.29, 0.717) is 11.6 Å². The second-order valence-electron chi connectivity index (χ2n) is 6.53. The predicted molar refractivity (Wildman–Crippen MR) is 114 cm³/mol. The van der Waals surface area contributed by atoms with Gasteiger partial charge < -0.3 is 10.5 Å². The molecule has 2 aromatic carbocycles. The van der Waals surface area contributed by atoms with Crippen molar-refractivity contribution in [3.8, 4) is 17.1 Å². The number of ether oxygens (including phenoxy) is 1. The zero-order chi connectivity index (χ0) is 19.7. The Bertz CT molecular complexity index is 1060. The highest BCUT2D eigenvalue weighted by molar-refractivity contribution is 7.99. The maximum Gasteiger partial charge on any atom is 0.212 e. The van der Waals surface area contributed by atoms with Crippen LogP contribution in [0.3, 0.4) is 0 Å². The second kappa shape index (κ2) is 7.67. The third-order valence-corrected chi connectivity index (χ3v) is 5.95. The van der Waals surface area contributed by atoms with Crippen molar-refractivity contribution in [2.45, 2.75) is 31.8 Å². The van der Waals surface area contributed by atoms with Gasteiger partial charge in [-0.2, -0.15) is 9.78 Å². The molecule has 0 saturated heterocycles. The average molecular weight is 394 g/mol. The maximum absolute atomic E-state index is 6.54. The average Bonchev–Trinajstić information content (AvgIpc) is 3.16. The van der Waals surface area contributed by atoms with Gasteiger partial charge >= 0.3 is 0 Å².